The maximum Gasteiger partial charge on any atom is 0.355 e. The van der Waals surface area contributed by atoms with Gasteiger partial charge in [-0.15, -0.1) is 0 Å². The molecule has 6 nitrogen and oxygen atoms in total. The first-order valence-electron chi connectivity index (χ1n) is 7.83. The van der Waals surface area contributed by atoms with Crippen LogP contribution in [-0.2, 0) is 17.6 Å². The van der Waals surface area contributed by atoms with Crippen LogP contribution in [0.2, 0.25) is 0 Å². The molecule has 0 aliphatic heterocycles. The molecular formula is C19H18N2O4. The number of benzene rings is 1. The highest BCUT2D eigenvalue weighted by Crippen LogP contribution is 2.23. The SMILES string of the molecule is COC(=O)c1c(CCc2ccc(C=O)cc2OC)ccc2nccn12. The molecule has 0 saturated carbocycles. The van der Waals surface area contributed by atoms with Crippen LogP contribution in [0.3, 0.4) is 0 Å². The van der Waals surface area contributed by atoms with E-state index in [-0.39, 0.29) is 0 Å². The number of nitrogens with zero attached hydrogens (tertiary/aromatic N) is 2. The molecule has 128 valence electrons. The Morgan fingerprint density at radius 1 is 1.16 bits per heavy atom. The van der Waals surface area contributed by atoms with Crippen LogP contribution < -0.4 is 4.74 Å². The van der Waals surface area contributed by atoms with E-state index in [4.69, 9.17) is 9.47 Å². The zero-order chi connectivity index (χ0) is 17.8. The topological polar surface area (TPSA) is 69.9 Å². The minimum Gasteiger partial charge on any atom is -0.496 e. The second-order valence-electron chi connectivity index (χ2n) is 5.54. The number of aromatic nitrogens is 2. The Hall–Kier alpha value is -3.15. The van der Waals surface area contributed by atoms with Crippen molar-refractivity contribution < 1.29 is 19.1 Å². The van der Waals surface area contributed by atoms with Gasteiger partial charge in [0, 0.05) is 18.0 Å². The van der Waals surface area contributed by atoms with Gasteiger partial charge in [0.1, 0.15) is 23.4 Å². The summed E-state index contributed by atoms with van der Waals surface area (Å²) in [7, 11) is 2.94. The van der Waals surface area contributed by atoms with Crippen molar-refractivity contribution in [2.75, 3.05) is 14.2 Å². The number of pyridine rings is 1. The van der Waals surface area contributed by atoms with E-state index >= 15 is 0 Å². The van der Waals surface area contributed by atoms with E-state index in [9.17, 15) is 9.59 Å². The molecule has 2 heterocycles. The molecule has 0 atom stereocenters. The number of rotatable bonds is 6. The van der Waals surface area contributed by atoms with Crippen LogP contribution in [0.25, 0.3) is 5.65 Å². The molecule has 0 N–H and O–H groups in total. The lowest BCUT2D eigenvalue weighted by Crippen LogP contribution is -2.12. The van der Waals surface area contributed by atoms with Gasteiger partial charge in [-0.05, 0) is 36.1 Å². The summed E-state index contributed by atoms with van der Waals surface area (Å²) in [6, 6.07) is 9.10. The van der Waals surface area contributed by atoms with E-state index < -0.39 is 5.97 Å². The van der Waals surface area contributed by atoms with E-state index in [1.165, 1.54) is 7.11 Å². The van der Waals surface area contributed by atoms with Gasteiger partial charge in [-0.25, -0.2) is 9.78 Å². The van der Waals surface area contributed by atoms with E-state index in [2.05, 4.69) is 4.98 Å². The number of esters is 1. The molecule has 0 radical (unpaired) electrons. The molecule has 0 unspecified atom stereocenters. The number of hydrogen-bond acceptors (Lipinski definition) is 5. The highest BCUT2D eigenvalue weighted by Gasteiger charge is 2.17. The van der Waals surface area contributed by atoms with Gasteiger partial charge in [0.25, 0.3) is 0 Å². The van der Waals surface area contributed by atoms with Crippen molar-refractivity contribution in [1.82, 2.24) is 9.38 Å². The van der Waals surface area contributed by atoms with Gasteiger partial charge < -0.3 is 9.47 Å². The highest BCUT2D eigenvalue weighted by atomic mass is 16.5. The lowest BCUT2D eigenvalue weighted by molar-refractivity contribution is 0.0590. The number of hydrogen-bond donors (Lipinski definition) is 0. The summed E-state index contributed by atoms with van der Waals surface area (Å²) in [5, 5.41) is 0. The van der Waals surface area contributed by atoms with Crippen molar-refractivity contribution in [2.24, 2.45) is 0 Å². The number of carbonyl (C=O) groups excluding carboxylic acids is 2. The minimum atomic E-state index is -0.401. The number of aldehydes is 1. The van der Waals surface area contributed by atoms with Crippen molar-refractivity contribution in [2.45, 2.75) is 12.8 Å². The minimum absolute atomic E-state index is 0.401. The maximum absolute atomic E-state index is 12.2. The fraction of sp³-hybridized carbons (Fsp3) is 0.211. The molecule has 0 fully saturated rings. The zero-order valence-electron chi connectivity index (χ0n) is 14.1. The summed E-state index contributed by atoms with van der Waals surface area (Å²) in [5.74, 6) is 0.259. The van der Waals surface area contributed by atoms with E-state index in [1.54, 1.807) is 36.0 Å². The molecule has 6 heteroatoms. The van der Waals surface area contributed by atoms with Crippen LogP contribution >= 0.6 is 0 Å². The average Bonchev–Trinajstić information content (AvgIpc) is 3.13. The van der Waals surface area contributed by atoms with Crippen LogP contribution in [0.15, 0.2) is 42.7 Å². The molecule has 0 aliphatic rings. The molecule has 3 rings (SSSR count). The summed E-state index contributed by atoms with van der Waals surface area (Å²) in [4.78, 5) is 27.3. The van der Waals surface area contributed by atoms with Crippen LogP contribution in [-0.4, -0.2) is 35.9 Å². The predicted molar refractivity (Wildman–Crippen MR) is 92.3 cm³/mol. The van der Waals surface area contributed by atoms with Crippen molar-refractivity contribution in [3.63, 3.8) is 0 Å². The Morgan fingerprint density at radius 2 is 1.92 bits per heavy atom. The number of methoxy groups -OCH3 is 2. The zero-order valence-corrected chi connectivity index (χ0v) is 14.1. The molecule has 3 aromatic rings. The van der Waals surface area contributed by atoms with Gasteiger partial charge in [-0.3, -0.25) is 9.20 Å². The quantitative estimate of drug-likeness (QED) is 0.510. The average molecular weight is 338 g/mol. The van der Waals surface area contributed by atoms with E-state index in [0.29, 0.717) is 35.5 Å². The van der Waals surface area contributed by atoms with Crippen molar-refractivity contribution >= 4 is 17.9 Å². The first kappa shape index (κ1) is 16.7. The summed E-state index contributed by atoms with van der Waals surface area (Å²) >= 11 is 0. The first-order valence-corrected chi connectivity index (χ1v) is 7.83. The second kappa shape index (κ2) is 7.17. The third kappa shape index (κ3) is 3.24. The highest BCUT2D eigenvalue weighted by molar-refractivity contribution is 5.90. The Labute approximate surface area is 145 Å². The second-order valence-corrected chi connectivity index (χ2v) is 5.54. The Balaban J connectivity index is 1.93. The normalized spacial score (nSPS) is 10.6. The summed E-state index contributed by atoms with van der Waals surface area (Å²) in [6.07, 6.45) is 5.45. The van der Waals surface area contributed by atoms with E-state index in [1.807, 2.05) is 18.2 Å². The lowest BCUT2D eigenvalue weighted by Gasteiger charge is -2.12. The number of fused-ring (bicyclic) bond motifs is 1. The number of aryl methyl sites for hydroxylation is 2. The molecule has 0 bridgehead atoms. The van der Waals surface area contributed by atoms with Gasteiger partial charge >= 0.3 is 5.97 Å². The molecule has 0 saturated heterocycles. The van der Waals surface area contributed by atoms with Crippen molar-refractivity contribution in [3.05, 3.63) is 65.1 Å². The molecule has 0 amide bonds. The summed E-state index contributed by atoms with van der Waals surface area (Å²) < 4.78 is 12.0. The predicted octanol–water partition coefficient (Wildman–Crippen LogP) is 2.73. The fourth-order valence-corrected chi connectivity index (χ4v) is 2.87. The molecule has 25 heavy (non-hydrogen) atoms. The van der Waals surface area contributed by atoms with Crippen molar-refractivity contribution in [3.8, 4) is 5.75 Å². The van der Waals surface area contributed by atoms with Crippen LogP contribution in [0.4, 0.5) is 0 Å². The number of ether oxygens (including phenoxy) is 2. The molecule has 2 aromatic heterocycles. The lowest BCUT2D eigenvalue weighted by atomic mass is 10.0. The molecule has 0 spiro atoms. The molecule has 1 aromatic carbocycles. The standard InChI is InChI=1S/C19H18N2O4/c1-24-16-11-13(12-22)3-4-14(16)5-6-15-7-8-17-20-9-10-21(17)18(15)19(23)25-2/h3-4,7-12H,5-6H2,1-2H3. The number of carbonyl (C=O) groups is 2. The summed E-state index contributed by atoms with van der Waals surface area (Å²) in [6.45, 7) is 0. The Kier molecular flexibility index (Phi) is 4.79. The largest absolute Gasteiger partial charge is 0.496 e. The Morgan fingerprint density at radius 3 is 2.64 bits per heavy atom. The van der Waals surface area contributed by atoms with Gasteiger partial charge in [-0.1, -0.05) is 18.2 Å². The first-order chi connectivity index (χ1) is 12.2. The maximum atomic E-state index is 12.2. The van der Waals surface area contributed by atoms with Crippen LogP contribution in [0.1, 0.15) is 32.0 Å². The third-order valence-electron chi connectivity index (χ3n) is 4.14. The smallest absolute Gasteiger partial charge is 0.355 e. The van der Waals surface area contributed by atoms with Crippen LogP contribution in [0, 0.1) is 0 Å². The molecular weight excluding hydrogens is 320 g/mol. The van der Waals surface area contributed by atoms with Crippen molar-refractivity contribution in [1.29, 1.82) is 0 Å². The van der Waals surface area contributed by atoms with Gasteiger partial charge in [0.2, 0.25) is 0 Å². The third-order valence-corrected chi connectivity index (χ3v) is 4.14. The fourth-order valence-electron chi connectivity index (χ4n) is 2.87. The molecule has 0 aliphatic carbocycles. The van der Waals surface area contributed by atoms with Gasteiger partial charge in [0.15, 0.2) is 0 Å². The van der Waals surface area contributed by atoms with Gasteiger partial charge in [0.05, 0.1) is 14.2 Å². The van der Waals surface area contributed by atoms with E-state index in [0.717, 1.165) is 17.4 Å². The summed E-state index contributed by atoms with van der Waals surface area (Å²) in [5.41, 5.74) is 3.56. The Bertz CT molecular complexity index is 930. The monoisotopic (exact) mass is 338 g/mol. The van der Waals surface area contributed by atoms with Gasteiger partial charge in [-0.2, -0.15) is 0 Å². The van der Waals surface area contributed by atoms with Crippen LogP contribution in [0.5, 0.6) is 5.75 Å². The number of imidazole rings is 1.